The Kier molecular flexibility index (Phi) is 4.18. The van der Waals surface area contributed by atoms with E-state index in [1.807, 2.05) is 0 Å². The Balaban J connectivity index is 2.14. The summed E-state index contributed by atoms with van der Waals surface area (Å²) in [5, 5.41) is 24.2. The maximum atomic E-state index is 10.7. The van der Waals surface area contributed by atoms with Gasteiger partial charge in [0.15, 0.2) is 0 Å². The van der Waals surface area contributed by atoms with Gasteiger partial charge in [-0.1, -0.05) is 36.0 Å². The molecule has 0 radical (unpaired) electrons. The molecule has 0 aliphatic heterocycles. The van der Waals surface area contributed by atoms with E-state index < -0.39 is 10.5 Å². The van der Waals surface area contributed by atoms with Crippen molar-refractivity contribution in [2.24, 2.45) is 0 Å². The first-order valence-corrected chi connectivity index (χ1v) is 6.77. The number of nitro groups is 1. The Bertz CT molecular complexity index is 479. The van der Waals surface area contributed by atoms with Gasteiger partial charge in [-0.05, 0) is 12.8 Å². The fraction of sp³-hybridized carbons (Fsp3) is 0.500. The highest BCUT2D eigenvalue weighted by molar-refractivity contribution is 6.39. The van der Waals surface area contributed by atoms with Crippen LogP contribution < -0.4 is 5.32 Å². The number of hydrogen-bond donors (Lipinski definition) is 2. The van der Waals surface area contributed by atoms with Gasteiger partial charge in [0.2, 0.25) is 0 Å². The molecule has 1 aliphatic rings. The summed E-state index contributed by atoms with van der Waals surface area (Å²) in [7, 11) is 0. The molecule has 0 heterocycles. The van der Waals surface area contributed by atoms with Crippen molar-refractivity contribution in [3.05, 3.63) is 32.3 Å². The highest BCUT2D eigenvalue weighted by Gasteiger charge is 2.31. The first-order chi connectivity index (χ1) is 8.91. The van der Waals surface area contributed by atoms with Crippen LogP contribution in [0.3, 0.4) is 0 Å². The lowest BCUT2D eigenvalue weighted by molar-refractivity contribution is -0.384. The van der Waals surface area contributed by atoms with Crippen molar-refractivity contribution >= 4 is 34.6 Å². The first kappa shape index (κ1) is 14.4. The molecule has 1 saturated carbocycles. The summed E-state index contributed by atoms with van der Waals surface area (Å²) in [6, 6.07) is 2.49. The maximum absolute atomic E-state index is 10.7. The normalized spacial score (nSPS) is 17.4. The van der Waals surface area contributed by atoms with Crippen molar-refractivity contribution in [3.8, 4) is 0 Å². The Morgan fingerprint density at radius 2 is 1.84 bits per heavy atom. The molecule has 104 valence electrons. The molecule has 1 aromatic rings. The molecule has 0 spiro atoms. The topological polar surface area (TPSA) is 75.4 Å². The summed E-state index contributed by atoms with van der Waals surface area (Å²) in [6.07, 6.45) is 3.48. The fourth-order valence-electron chi connectivity index (χ4n) is 2.30. The van der Waals surface area contributed by atoms with E-state index in [9.17, 15) is 15.2 Å². The SMILES string of the molecule is O=[N+]([O-])c1cc(Cl)c(NCC2(O)CCCC2)c(Cl)c1. The largest absolute Gasteiger partial charge is 0.388 e. The molecule has 7 heteroatoms. The molecule has 0 saturated heterocycles. The number of nitrogens with one attached hydrogen (secondary N) is 1. The van der Waals surface area contributed by atoms with Crippen molar-refractivity contribution < 1.29 is 10.0 Å². The lowest BCUT2D eigenvalue weighted by Gasteiger charge is -2.23. The van der Waals surface area contributed by atoms with Crippen molar-refractivity contribution in [2.45, 2.75) is 31.3 Å². The number of non-ortho nitro benzene ring substituents is 1. The minimum atomic E-state index is -0.742. The van der Waals surface area contributed by atoms with Gasteiger partial charge in [0.1, 0.15) is 0 Å². The number of benzene rings is 1. The molecular formula is C12H14Cl2N2O3. The second kappa shape index (κ2) is 5.53. The minimum absolute atomic E-state index is 0.153. The van der Waals surface area contributed by atoms with Gasteiger partial charge in [0.05, 0.1) is 26.3 Å². The predicted molar refractivity (Wildman–Crippen MR) is 75.0 cm³/mol. The third-order valence-electron chi connectivity index (χ3n) is 3.37. The van der Waals surface area contributed by atoms with Crippen molar-refractivity contribution in [2.75, 3.05) is 11.9 Å². The van der Waals surface area contributed by atoms with Crippen LogP contribution in [0.2, 0.25) is 10.0 Å². The number of hydrogen-bond acceptors (Lipinski definition) is 4. The minimum Gasteiger partial charge on any atom is -0.388 e. The summed E-state index contributed by atoms with van der Waals surface area (Å²) in [5.74, 6) is 0. The number of halogens is 2. The predicted octanol–water partition coefficient (Wildman–Crippen LogP) is 3.62. The van der Waals surface area contributed by atoms with E-state index in [2.05, 4.69) is 5.32 Å². The van der Waals surface area contributed by atoms with Crippen LogP contribution in [0.4, 0.5) is 11.4 Å². The molecule has 5 nitrogen and oxygen atoms in total. The molecule has 0 atom stereocenters. The fourth-order valence-corrected chi connectivity index (χ4v) is 2.91. The van der Waals surface area contributed by atoms with Crippen molar-refractivity contribution in [1.29, 1.82) is 0 Å². The van der Waals surface area contributed by atoms with E-state index >= 15 is 0 Å². The molecule has 0 unspecified atom stereocenters. The Hall–Kier alpha value is -1.04. The van der Waals surface area contributed by atoms with E-state index in [4.69, 9.17) is 23.2 Å². The number of nitrogens with zero attached hydrogens (tertiary/aromatic N) is 1. The van der Waals surface area contributed by atoms with Crippen LogP contribution in [0.15, 0.2) is 12.1 Å². The van der Waals surface area contributed by atoms with Crippen molar-refractivity contribution in [3.63, 3.8) is 0 Å². The second-order valence-electron chi connectivity index (χ2n) is 4.83. The van der Waals surface area contributed by atoms with Crippen LogP contribution in [0.25, 0.3) is 0 Å². The lowest BCUT2D eigenvalue weighted by Crippen LogP contribution is -2.33. The number of aliphatic hydroxyl groups is 1. The molecule has 2 rings (SSSR count). The van der Waals surface area contributed by atoms with E-state index in [1.54, 1.807) is 0 Å². The maximum Gasteiger partial charge on any atom is 0.272 e. The van der Waals surface area contributed by atoms with Gasteiger partial charge in [-0.2, -0.15) is 0 Å². The molecular weight excluding hydrogens is 291 g/mol. The monoisotopic (exact) mass is 304 g/mol. The number of rotatable bonds is 4. The van der Waals surface area contributed by atoms with Crippen LogP contribution >= 0.6 is 23.2 Å². The lowest BCUT2D eigenvalue weighted by atomic mass is 10.0. The number of anilines is 1. The number of nitro benzene ring substituents is 1. The van der Waals surface area contributed by atoms with Gasteiger partial charge in [-0.3, -0.25) is 10.1 Å². The van der Waals surface area contributed by atoms with Crippen LogP contribution in [0.1, 0.15) is 25.7 Å². The molecule has 1 aromatic carbocycles. The smallest absolute Gasteiger partial charge is 0.272 e. The molecule has 19 heavy (non-hydrogen) atoms. The summed E-state index contributed by atoms with van der Waals surface area (Å²) in [4.78, 5) is 10.1. The van der Waals surface area contributed by atoms with E-state index in [1.165, 1.54) is 12.1 Å². The zero-order chi connectivity index (χ0) is 14.0. The standard InChI is InChI=1S/C12H14Cl2N2O3/c13-9-5-8(16(18)19)6-10(14)11(9)15-7-12(17)3-1-2-4-12/h5-6,15,17H,1-4,7H2. The van der Waals surface area contributed by atoms with Gasteiger partial charge < -0.3 is 10.4 Å². The average Bonchev–Trinajstić information content (AvgIpc) is 2.75. The molecule has 0 bridgehead atoms. The van der Waals surface area contributed by atoms with Crippen LogP contribution in [-0.2, 0) is 0 Å². The zero-order valence-electron chi connectivity index (χ0n) is 10.2. The first-order valence-electron chi connectivity index (χ1n) is 6.01. The Labute approximate surface area is 120 Å². The summed E-state index contributed by atoms with van der Waals surface area (Å²) >= 11 is 12.0. The summed E-state index contributed by atoms with van der Waals surface area (Å²) in [5.41, 5.74) is -0.469. The average molecular weight is 305 g/mol. The highest BCUT2D eigenvalue weighted by Crippen LogP contribution is 2.36. The van der Waals surface area contributed by atoms with Crippen LogP contribution in [-0.4, -0.2) is 22.2 Å². The van der Waals surface area contributed by atoms with E-state index in [0.717, 1.165) is 25.7 Å². The molecule has 2 N–H and O–H groups in total. The summed E-state index contributed by atoms with van der Waals surface area (Å²) in [6.45, 7) is 0.338. The molecule has 0 aromatic heterocycles. The van der Waals surface area contributed by atoms with Crippen LogP contribution in [0, 0.1) is 10.1 Å². The van der Waals surface area contributed by atoms with Crippen molar-refractivity contribution in [1.82, 2.24) is 0 Å². The quantitative estimate of drug-likeness (QED) is 0.658. The van der Waals surface area contributed by atoms with Gasteiger partial charge in [-0.15, -0.1) is 0 Å². The molecule has 1 fully saturated rings. The zero-order valence-corrected chi connectivity index (χ0v) is 11.7. The Morgan fingerprint density at radius 3 is 2.32 bits per heavy atom. The van der Waals surface area contributed by atoms with Gasteiger partial charge in [0.25, 0.3) is 5.69 Å². The molecule has 0 amide bonds. The molecule has 1 aliphatic carbocycles. The van der Waals surface area contributed by atoms with Crippen LogP contribution in [0.5, 0.6) is 0 Å². The Morgan fingerprint density at radius 1 is 1.32 bits per heavy atom. The van der Waals surface area contributed by atoms with E-state index in [-0.39, 0.29) is 15.7 Å². The second-order valence-corrected chi connectivity index (χ2v) is 5.64. The van der Waals surface area contributed by atoms with Gasteiger partial charge in [-0.25, -0.2) is 0 Å². The third-order valence-corrected chi connectivity index (χ3v) is 3.96. The van der Waals surface area contributed by atoms with Gasteiger partial charge >= 0.3 is 0 Å². The van der Waals surface area contributed by atoms with E-state index in [0.29, 0.717) is 12.2 Å². The van der Waals surface area contributed by atoms with Gasteiger partial charge in [0, 0.05) is 18.7 Å². The summed E-state index contributed by atoms with van der Waals surface area (Å²) < 4.78 is 0. The highest BCUT2D eigenvalue weighted by atomic mass is 35.5. The third kappa shape index (κ3) is 3.29.